The molecule has 11 heteroatoms. The average molecular weight is 646 g/mol. The maximum atomic E-state index is 12.9. The monoisotopic (exact) mass is 645 g/mol. The lowest BCUT2D eigenvalue weighted by Gasteiger charge is -2.29. The Balaban J connectivity index is 1.05. The first-order valence-corrected chi connectivity index (χ1v) is 16.3. The van der Waals surface area contributed by atoms with Crippen molar-refractivity contribution in [3.63, 3.8) is 0 Å². The number of furan rings is 1. The molecule has 7 rings (SSSR count). The van der Waals surface area contributed by atoms with Crippen LogP contribution in [0.15, 0.2) is 83.3 Å². The number of morpholine rings is 1. The van der Waals surface area contributed by atoms with Gasteiger partial charge in [0, 0.05) is 65.7 Å². The number of rotatable bonds is 7. The fourth-order valence-electron chi connectivity index (χ4n) is 6.22. The Morgan fingerprint density at radius 2 is 1.52 bits per heavy atom. The number of hydrogen-bond acceptors (Lipinski definition) is 8. The lowest BCUT2D eigenvalue weighted by atomic mass is 10.1. The SMILES string of the molecule is Cc1ccc(-c2ccc3c(N4CCOCC4)nc(-c4ccc(NC(=O)Nc5ccc(C(=O)N6CC[C@H](N(C)C)C6)cc5)cc4)nc3c2)o1. The molecule has 2 saturated heterocycles. The van der Waals surface area contributed by atoms with E-state index in [2.05, 4.69) is 26.5 Å². The van der Waals surface area contributed by atoms with Crippen molar-refractivity contribution in [1.82, 2.24) is 19.8 Å². The second-order valence-corrected chi connectivity index (χ2v) is 12.5. The van der Waals surface area contributed by atoms with Crippen LogP contribution < -0.4 is 15.5 Å². The number of urea groups is 1. The van der Waals surface area contributed by atoms with Crippen LogP contribution in [0.5, 0.6) is 0 Å². The van der Waals surface area contributed by atoms with Gasteiger partial charge in [0.05, 0.1) is 18.7 Å². The van der Waals surface area contributed by atoms with Gasteiger partial charge in [-0.25, -0.2) is 14.8 Å². The summed E-state index contributed by atoms with van der Waals surface area (Å²) in [5.74, 6) is 3.12. The van der Waals surface area contributed by atoms with Crippen molar-refractivity contribution < 1.29 is 18.7 Å². The highest BCUT2D eigenvalue weighted by Crippen LogP contribution is 2.32. The molecule has 2 aromatic heterocycles. The first-order chi connectivity index (χ1) is 23.3. The van der Waals surface area contributed by atoms with Crippen LogP contribution in [0.1, 0.15) is 22.5 Å². The van der Waals surface area contributed by atoms with Crippen LogP contribution in [0.4, 0.5) is 22.0 Å². The molecule has 2 N–H and O–H groups in total. The van der Waals surface area contributed by atoms with Gasteiger partial charge in [0.1, 0.15) is 17.3 Å². The molecule has 3 amide bonds. The largest absolute Gasteiger partial charge is 0.461 e. The van der Waals surface area contributed by atoms with Crippen molar-refractivity contribution in [2.75, 3.05) is 69.0 Å². The average Bonchev–Trinajstić information content (AvgIpc) is 3.78. The molecule has 0 spiro atoms. The van der Waals surface area contributed by atoms with Gasteiger partial charge in [-0.1, -0.05) is 6.07 Å². The zero-order chi connectivity index (χ0) is 33.2. The molecule has 0 radical (unpaired) electrons. The lowest BCUT2D eigenvalue weighted by molar-refractivity contribution is 0.0783. The zero-order valence-corrected chi connectivity index (χ0v) is 27.4. The van der Waals surface area contributed by atoms with E-state index in [0.717, 1.165) is 72.0 Å². The van der Waals surface area contributed by atoms with Crippen molar-refractivity contribution in [2.45, 2.75) is 19.4 Å². The predicted octanol–water partition coefficient (Wildman–Crippen LogP) is 6.12. The van der Waals surface area contributed by atoms with Crippen molar-refractivity contribution in [1.29, 1.82) is 0 Å². The molecular weight excluding hydrogens is 606 g/mol. The summed E-state index contributed by atoms with van der Waals surface area (Å²) < 4.78 is 11.5. The summed E-state index contributed by atoms with van der Waals surface area (Å²) in [4.78, 5) is 42.0. The Labute approximate surface area is 279 Å². The minimum absolute atomic E-state index is 0.0101. The van der Waals surface area contributed by atoms with Crippen molar-refractivity contribution in [2.24, 2.45) is 0 Å². The molecule has 5 aromatic rings. The number of amides is 3. The summed E-state index contributed by atoms with van der Waals surface area (Å²) in [6.45, 7) is 6.18. The van der Waals surface area contributed by atoms with Gasteiger partial charge >= 0.3 is 6.03 Å². The number of aryl methyl sites for hydroxylation is 1. The van der Waals surface area contributed by atoms with Gasteiger partial charge in [0.25, 0.3) is 5.91 Å². The zero-order valence-electron chi connectivity index (χ0n) is 27.4. The Hall–Kier alpha value is -5.26. The van der Waals surface area contributed by atoms with E-state index in [1.807, 2.05) is 74.4 Å². The molecule has 1 atom stereocenters. The number of aromatic nitrogens is 2. The molecule has 11 nitrogen and oxygen atoms in total. The van der Waals surface area contributed by atoms with E-state index in [4.69, 9.17) is 19.1 Å². The molecule has 2 aliphatic rings. The van der Waals surface area contributed by atoms with E-state index in [0.29, 0.717) is 42.0 Å². The molecular formula is C37H39N7O4. The smallest absolute Gasteiger partial charge is 0.323 e. The van der Waals surface area contributed by atoms with E-state index in [9.17, 15) is 9.59 Å². The van der Waals surface area contributed by atoms with Crippen molar-refractivity contribution >= 4 is 40.0 Å². The maximum Gasteiger partial charge on any atom is 0.323 e. The summed E-state index contributed by atoms with van der Waals surface area (Å²) in [7, 11) is 4.08. The van der Waals surface area contributed by atoms with Gasteiger partial charge in [0.2, 0.25) is 0 Å². The van der Waals surface area contributed by atoms with Crippen LogP contribution >= 0.6 is 0 Å². The number of nitrogens with one attached hydrogen (secondary N) is 2. The van der Waals surface area contributed by atoms with Gasteiger partial charge in [-0.15, -0.1) is 0 Å². The van der Waals surface area contributed by atoms with E-state index in [1.165, 1.54) is 0 Å². The van der Waals surface area contributed by atoms with E-state index in [-0.39, 0.29) is 11.9 Å². The highest BCUT2D eigenvalue weighted by Gasteiger charge is 2.28. The summed E-state index contributed by atoms with van der Waals surface area (Å²) in [6, 6.07) is 24.5. The molecule has 3 aromatic carbocycles. The predicted molar refractivity (Wildman–Crippen MR) is 188 cm³/mol. The Bertz CT molecular complexity index is 1930. The minimum Gasteiger partial charge on any atom is -0.461 e. The Morgan fingerprint density at radius 3 is 2.17 bits per heavy atom. The van der Waals surface area contributed by atoms with Gasteiger partial charge in [-0.05, 0) is 100 Å². The molecule has 2 aliphatic heterocycles. The Kier molecular flexibility index (Phi) is 8.79. The van der Waals surface area contributed by atoms with Crippen LogP contribution in [0.2, 0.25) is 0 Å². The number of hydrogen-bond donors (Lipinski definition) is 2. The number of likely N-dealkylation sites (tertiary alicyclic amines) is 1. The standard InChI is InChI=1S/C37H39N7O4/c1-24-4-15-33(48-24)27-9-14-31-32(22-27)40-34(41-35(31)43-18-20-47-21-19-43)25-5-10-28(11-6-25)38-37(46)39-29-12-7-26(8-13-29)36(45)44-17-16-30(23-44)42(2)3/h4-15,22,30H,16-21,23H2,1-3H3,(H2,38,39,46)/t30-/m0/s1. The summed E-state index contributed by atoms with van der Waals surface area (Å²) in [5.41, 5.74) is 4.42. The van der Waals surface area contributed by atoms with Crippen LogP contribution in [-0.4, -0.2) is 91.2 Å². The van der Waals surface area contributed by atoms with Crippen LogP contribution in [-0.2, 0) is 4.74 Å². The lowest BCUT2D eigenvalue weighted by Crippen LogP contribution is -2.37. The number of fused-ring (bicyclic) bond motifs is 1. The van der Waals surface area contributed by atoms with Crippen molar-refractivity contribution in [3.05, 3.63) is 90.2 Å². The van der Waals surface area contributed by atoms with Crippen molar-refractivity contribution in [3.8, 4) is 22.7 Å². The van der Waals surface area contributed by atoms with E-state index < -0.39 is 0 Å². The normalized spacial score (nSPS) is 16.5. The fourth-order valence-corrected chi connectivity index (χ4v) is 6.22. The quantitative estimate of drug-likeness (QED) is 0.218. The molecule has 0 saturated carbocycles. The maximum absolute atomic E-state index is 12.9. The highest BCUT2D eigenvalue weighted by atomic mass is 16.5. The first kappa shape index (κ1) is 31.3. The number of nitrogens with zero attached hydrogens (tertiary/aromatic N) is 5. The number of ether oxygens (including phenoxy) is 1. The molecule has 0 aliphatic carbocycles. The van der Waals surface area contributed by atoms with Gasteiger partial charge < -0.3 is 34.5 Å². The Morgan fingerprint density at radius 1 is 0.833 bits per heavy atom. The third-order valence-corrected chi connectivity index (χ3v) is 8.98. The van der Waals surface area contributed by atoms with Gasteiger partial charge in [-0.2, -0.15) is 0 Å². The van der Waals surface area contributed by atoms with Crippen LogP contribution in [0.25, 0.3) is 33.6 Å². The van der Waals surface area contributed by atoms with Gasteiger partial charge in [0.15, 0.2) is 5.82 Å². The second-order valence-electron chi connectivity index (χ2n) is 12.5. The van der Waals surface area contributed by atoms with Crippen LogP contribution in [0, 0.1) is 6.92 Å². The molecule has 0 unspecified atom stereocenters. The summed E-state index contributed by atoms with van der Waals surface area (Å²) in [5, 5.41) is 6.70. The number of carbonyl (C=O) groups excluding carboxylic acids is 2. The minimum atomic E-state index is -0.382. The summed E-state index contributed by atoms with van der Waals surface area (Å²) in [6.07, 6.45) is 0.970. The first-order valence-electron chi connectivity index (χ1n) is 16.3. The summed E-state index contributed by atoms with van der Waals surface area (Å²) >= 11 is 0. The van der Waals surface area contributed by atoms with E-state index in [1.54, 1.807) is 24.3 Å². The highest BCUT2D eigenvalue weighted by molar-refractivity contribution is 6.01. The number of anilines is 3. The number of likely N-dealkylation sites (N-methyl/N-ethyl adjacent to an activating group) is 1. The topological polar surface area (TPSA) is 116 Å². The number of carbonyl (C=O) groups is 2. The van der Waals surface area contributed by atoms with Gasteiger partial charge in [-0.3, -0.25) is 4.79 Å². The molecule has 48 heavy (non-hydrogen) atoms. The molecule has 246 valence electrons. The molecule has 4 heterocycles. The third-order valence-electron chi connectivity index (χ3n) is 8.98. The van der Waals surface area contributed by atoms with Crippen LogP contribution in [0.3, 0.4) is 0 Å². The van der Waals surface area contributed by atoms with E-state index >= 15 is 0 Å². The number of benzene rings is 3. The molecule has 0 bridgehead atoms. The second kappa shape index (κ2) is 13.5. The molecule has 2 fully saturated rings. The third kappa shape index (κ3) is 6.73. The fraction of sp³-hybridized carbons (Fsp3) is 0.297.